The molecule has 2 N–H and O–H groups in total. The Morgan fingerprint density at radius 1 is 1.16 bits per heavy atom. The van der Waals surface area contributed by atoms with Crippen molar-refractivity contribution in [3.05, 3.63) is 35.9 Å². The molecule has 1 aliphatic carbocycles. The van der Waals surface area contributed by atoms with E-state index in [1.54, 1.807) is 4.90 Å². The highest BCUT2D eigenvalue weighted by atomic mass is 16.3. The van der Waals surface area contributed by atoms with E-state index in [1.165, 1.54) is 0 Å². The Hall–Kier alpha value is -2.06. The van der Waals surface area contributed by atoms with Crippen LogP contribution in [0.1, 0.15) is 50.5 Å². The topological polar surface area (TPSA) is 76.4 Å². The molecule has 0 bridgehead atoms. The Labute approximate surface area is 149 Å². The first-order valence-corrected chi connectivity index (χ1v) is 9.29. The number of likely N-dealkylation sites (tertiary alicyclic amines) is 1. The van der Waals surface area contributed by atoms with Crippen molar-refractivity contribution in [3.63, 3.8) is 0 Å². The van der Waals surface area contributed by atoms with Crippen molar-refractivity contribution in [3.8, 4) is 6.07 Å². The predicted molar refractivity (Wildman–Crippen MR) is 96.0 cm³/mol. The summed E-state index contributed by atoms with van der Waals surface area (Å²) in [5, 5.41) is 23.0. The van der Waals surface area contributed by atoms with Gasteiger partial charge in [0.1, 0.15) is 0 Å². The van der Waals surface area contributed by atoms with Crippen LogP contribution in [-0.2, 0) is 5.41 Å². The molecular weight excluding hydrogens is 314 g/mol. The number of rotatable bonds is 4. The fraction of sp³-hybridized carbons (Fsp3) is 0.600. The summed E-state index contributed by atoms with van der Waals surface area (Å²) in [4.78, 5) is 14.2. The molecule has 1 aromatic carbocycles. The average molecular weight is 341 g/mol. The number of carbonyl (C=O) groups excluding carboxylic acids is 1. The van der Waals surface area contributed by atoms with Crippen LogP contribution in [0, 0.1) is 11.3 Å². The van der Waals surface area contributed by atoms with Gasteiger partial charge in [0.05, 0.1) is 17.1 Å². The van der Waals surface area contributed by atoms with Crippen molar-refractivity contribution in [2.75, 3.05) is 19.6 Å². The highest BCUT2D eigenvalue weighted by molar-refractivity contribution is 5.74. The second-order valence-electron chi connectivity index (χ2n) is 7.46. The Morgan fingerprint density at radius 2 is 1.80 bits per heavy atom. The fourth-order valence-corrected chi connectivity index (χ4v) is 4.11. The van der Waals surface area contributed by atoms with Gasteiger partial charge in [-0.25, -0.2) is 4.79 Å². The maximum atomic E-state index is 12.4. The number of nitrogens with one attached hydrogen (secondary N) is 1. The maximum Gasteiger partial charge on any atom is 0.317 e. The molecular formula is C20H27N3O2. The molecule has 0 spiro atoms. The van der Waals surface area contributed by atoms with Crippen LogP contribution in [0.2, 0.25) is 0 Å². The van der Waals surface area contributed by atoms with Gasteiger partial charge in [0.15, 0.2) is 0 Å². The van der Waals surface area contributed by atoms with Crippen LogP contribution in [0.15, 0.2) is 30.3 Å². The van der Waals surface area contributed by atoms with Crippen LogP contribution in [0.5, 0.6) is 0 Å². The van der Waals surface area contributed by atoms with E-state index in [2.05, 4.69) is 11.4 Å². The maximum absolute atomic E-state index is 12.4. The Bertz CT molecular complexity index is 624. The average Bonchev–Trinajstić information content (AvgIpc) is 3.09. The molecule has 5 nitrogen and oxygen atoms in total. The molecule has 3 rings (SSSR count). The van der Waals surface area contributed by atoms with Crippen molar-refractivity contribution in [1.82, 2.24) is 10.2 Å². The summed E-state index contributed by atoms with van der Waals surface area (Å²) in [5.74, 6) is 0. The number of aliphatic hydroxyl groups is 1. The van der Waals surface area contributed by atoms with Gasteiger partial charge < -0.3 is 15.3 Å². The number of carbonyl (C=O) groups is 1. The first-order valence-electron chi connectivity index (χ1n) is 9.29. The summed E-state index contributed by atoms with van der Waals surface area (Å²) < 4.78 is 0. The predicted octanol–water partition coefficient (Wildman–Crippen LogP) is 2.95. The third kappa shape index (κ3) is 3.96. The van der Waals surface area contributed by atoms with Gasteiger partial charge in [0.25, 0.3) is 0 Å². The number of hydrogen-bond donors (Lipinski definition) is 2. The van der Waals surface area contributed by atoms with E-state index in [1.807, 2.05) is 30.3 Å². The van der Waals surface area contributed by atoms with E-state index < -0.39 is 11.0 Å². The van der Waals surface area contributed by atoms with Crippen LogP contribution in [0.25, 0.3) is 0 Å². The third-order valence-electron chi connectivity index (χ3n) is 5.85. The lowest BCUT2D eigenvalue weighted by Crippen LogP contribution is -2.49. The van der Waals surface area contributed by atoms with Gasteiger partial charge in [-0.3, -0.25) is 0 Å². The van der Waals surface area contributed by atoms with Gasteiger partial charge >= 0.3 is 6.03 Å². The normalized spacial score (nSPS) is 21.5. The van der Waals surface area contributed by atoms with Gasteiger partial charge in [0, 0.05) is 19.6 Å². The van der Waals surface area contributed by atoms with Crippen molar-refractivity contribution in [2.24, 2.45) is 0 Å². The summed E-state index contributed by atoms with van der Waals surface area (Å²) in [6.45, 7) is 1.67. The largest absolute Gasteiger partial charge is 0.390 e. The quantitative estimate of drug-likeness (QED) is 0.884. The van der Waals surface area contributed by atoms with Gasteiger partial charge in [0.2, 0.25) is 0 Å². The number of piperidine rings is 1. The third-order valence-corrected chi connectivity index (χ3v) is 5.85. The van der Waals surface area contributed by atoms with E-state index in [9.17, 15) is 15.2 Å². The molecule has 1 saturated carbocycles. The highest BCUT2D eigenvalue weighted by Gasteiger charge is 2.37. The van der Waals surface area contributed by atoms with Gasteiger partial charge in [-0.05, 0) is 37.7 Å². The standard InChI is InChI=1S/C20H27N3O2/c21-16-19(17-6-2-1-3-7-17)11-14-23(15-12-19)18(24)22-13-10-20(25)8-4-5-9-20/h1-3,6-7,25H,4-5,8-15H2,(H,22,24). The fourth-order valence-electron chi connectivity index (χ4n) is 4.11. The van der Waals surface area contributed by atoms with E-state index in [4.69, 9.17) is 0 Å². The minimum absolute atomic E-state index is 0.0822. The molecule has 1 aliphatic heterocycles. The summed E-state index contributed by atoms with van der Waals surface area (Å²) in [6.07, 6.45) is 5.77. The number of nitriles is 1. The zero-order chi connectivity index (χ0) is 17.8. The minimum atomic E-state index is -0.585. The monoisotopic (exact) mass is 341 g/mol. The number of hydrogen-bond acceptors (Lipinski definition) is 3. The summed E-state index contributed by atoms with van der Waals surface area (Å²) >= 11 is 0. The second-order valence-corrected chi connectivity index (χ2v) is 7.46. The van der Waals surface area contributed by atoms with Crippen molar-refractivity contribution in [1.29, 1.82) is 5.26 Å². The molecule has 0 atom stereocenters. The molecule has 25 heavy (non-hydrogen) atoms. The van der Waals surface area contributed by atoms with Crippen molar-refractivity contribution < 1.29 is 9.90 Å². The van der Waals surface area contributed by atoms with Crippen LogP contribution in [-0.4, -0.2) is 41.3 Å². The molecule has 5 heteroatoms. The number of urea groups is 1. The minimum Gasteiger partial charge on any atom is -0.390 e. The molecule has 0 unspecified atom stereocenters. The summed E-state index contributed by atoms with van der Waals surface area (Å²) in [7, 11) is 0. The van der Waals surface area contributed by atoms with E-state index in [0.29, 0.717) is 38.9 Å². The number of benzene rings is 1. The molecule has 1 heterocycles. The van der Waals surface area contributed by atoms with Crippen LogP contribution < -0.4 is 5.32 Å². The Balaban J connectivity index is 1.50. The van der Waals surface area contributed by atoms with Crippen molar-refractivity contribution >= 4 is 6.03 Å². The molecule has 1 aromatic rings. The lowest BCUT2D eigenvalue weighted by atomic mass is 9.74. The Kier molecular flexibility index (Phi) is 5.29. The molecule has 0 radical (unpaired) electrons. The van der Waals surface area contributed by atoms with Gasteiger partial charge in [-0.2, -0.15) is 5.26 Å². The summed E-state index contributed by atoms with van der Waals surface area (Å²) in [6, 6.07) is 12.3. The lowest BCUT2D eigenvalue weighted by molar-refractivity contribution is 0.0394. The van der Waals surface area contributed by atoms with Crippen LogP contribution >= 0.6 is 0 Å². The molecule has 2 amide bonds. The first-order chi connectivity index (χ1) is 12.1. The number of nitrogens with zero attached hydrogens (tertiary/aromatic N) is 2. The smallest absolute Gasteiger partial charge is 0.317 e. The van der Waals surface area contributed by atoms with E-state index >= 15 is 0 Å². The Morgan fingerprint density at radius 3 is 2.40 bits per heavy atom. The number of amides is 2. The van der Waals surface area contributed by atoms with Gasteiger partial charge in [-0.15, -0.1) is 0 Å². The van der Waals surface area contributed by atoms with E-state index in [0.717, 1.165) is 31.2 Å². The second kappa shape index (κ2) is 7.45. The molecule has 2 aliphatic rings. The highest BCUT2D eigenvalue weighted by Crippen LogP contribution is 2.35. The van der Waals surface area contributed by atoms with E-state index in [-0.39, 0.29) is 6.03 Å². The SMILES string of the molecule is N#CC1(c2ccccc2)CCN(C(=O)NCCC2(O)CCCC2)CC1. The molecule has 0 aromatic heterocycles. The first kappa shape index (κ1) is 17.8. The van der Waals surface area contributed by atoms with Crippen LogP contribution in [0.3, 0.4) is 0 Å². The lowest BCUT2D eigenvalue weighted by Gasteiger charge is -2.37. The summed E-state index contributed by atoms with van der Waals surface area (Å²) in [5.41, 5.74) is -0.0313. The molecule has 2 fully saturated rings. The van der Waals surface area contributed by atoms with Gasteiger partial charge in [-0.1, -0.05) is 43.2 Å². The van der Waals surface area contributed by atoms with Crippen molar-refractivity contribution in [2.45, 2.75) is 56.0 Å². The zero-order valence-electron chi connectivity index (χ0n) is 14.7. The molecule has 1 saturated heterocycles. The zero-order valence-corrected chi connectivity index (χ0v) is 14.7. The molecule has 134 valence electrons. The van der Waals surface area contributed by atoms with Crippen LogP contribution in [0.4, 0.5) is 4.79 Å².